The molecule has 0 aliphatic carbocycles. The molecule has 1 aliphatic rings. The number of amides is 2. The summed E-state index contributed by atoms with van der Waals surface area (Å²) in [5.74, 6) is 0. The molecule has 0 spiro atoms. The Morgan fingerprint density at radius 1 is 1.60 bits per heavy atom. The molecule has 2 rings (SSSR count). The van der Waals surface area contributed by atoms with Crippen LogP contribution in [0.1, 0.15) is 19.4 Å². The van der Waals surface area contributed by atoms with Crippen molar-refractivity contribution in [3.05, 3.63) is 12.4 Å². The van der Waals surface area contributed by atoms with E-state index in [2.05, 4.69) is 15.6 Å². The zero-order valence-corrected chi connectivity index (χ0v) is 8.76. The van der Waals surface area contributed by atoms with E-state index < -0.39 is 0 Å². The van der Waals surface area contributed by atoms with Gasteiger partial charge in [0.1, 0.15) is 0 Å². The van der Waals surface area contributed by atoms with Gasteiger partial charge >= 0.3 is 6.03 Å². The summed E-state index contributed by atoms with van der Waals surface area (Å²) in [6.45, 7) is 4.22. The second kappa shape index (κ2) is 4.29. The fourth-order valence-electron chi connectivity index (χ4n) is 1.54. The molecular weight excluding hydrogens is 194 g/mol. The van der Waals surface area contributed by atoms with Crippen LogP contribution in [0.15, 0.2) is 12.4 Å². The summed E-state index contributed by atoms with van der Waals surface area (Å²) in [5.41, 5.74) is 0. The number of carbonyl (C=O) groups is 1. The molecule has 1 fully saturated rings. The Kier molecular flexibility index (Phi) is 2.84. The van der Waals surface area contributed by atoms with Crippen molar-refractivity contribution in [2.24, 2.45) is 0 Å². The lowest BCUT2D eigenvalue weighted by Crippen LogP contribution is -2.54. The summed E-state index contributed by atoms with van der Waals surface area (Å²) < 4.78 is 1.80. The van der Waals surface area contributed by atoms with E-state index in [-0.39, 0.29) is 6.03 Å². The summed E-state index contributed by atoms with van der Waals surface area (Å²) in [7, 11) is 0. The first-order chi connectivity index (χ1) is 7.31. The highest BCUT2D eigenvalue weighted by Gasteiger charge is 2.31. The topological polar surface area (TPSA) is 63.1 Å². The molecule has 0 saturated carbocycles. The second-order valence-corrected chi connectivity index (χ2v) is 3.67. The van der Waals surface area contributed by atoms with Crippen molar-refractivity contribution >= 4 is 6.03 Å². The van der Waals surface area contributed by atoms with Crippen molar-refractivity contribution in [2.75, 3.05) is 19.6 Å². The quantitative estimate of drug-likeness (QED) is 0.776. The molecule has 1 N–H and O–H groups in total. The van der Waals surface area contributed by atoms with E-state index in [0.29, 0.717) is 6.04 Å². The maximum absolute atomic E-state index is 11.5. The standard InChI is InChI=1S/C9H15N5O/c1-2-3-10-9(15)13-6-8(7-13)14-5-4-11-12-14/h4-5,8H,2-3,6-7H2,1H3,(H,10,15). The van der Waals surface area contributed by atoms with Gasteiger partial charge in [0.15, 0.2) is 0 Å². The summed E-state index contributed by atoms with van der Waals surface area (Å²) in [4.78, 5) is 13.2. The number of hydrogen-bond donors (Lipinski definition) is 1. The molecule has 0 bridgehead atoms. The van der Waals surface area contributed by atoms with Crippen LogP contribution in [0, 0.1) is 0 Å². The van der Waals surface area contributed by atoms with Gasteiger partial charge in [-0.25, -0.2) is 9.48 Å². The summed E-state index contributed by atoms with van der Waals surface area (Å²) >= 11 is 0. The van der Waals surface area contributed by atoms with Gasteiger partial charge in [0.2, 0.25) is 0 Å². The lowest BCUT2D eigenvalue weighted by atomic mass is 10.1. The van der Waals surface area contributed by atoms with E-state index >= 15 is 0 Å². The van der Waals surface area contributed by atoms with E-state index in [1.807, 2.05) is 13.1 Å². The van der Waals surface area contributed by atoms with Crippen LogP contribution < -0.4 is 5.32 Å². The van der Waals surface area contributed by atoms with Crippen LogP contribution in [-0.4, -0.2) is 45.6 Å². The zero-order valence-electron chi connectivity index (χ0n) is 8.76. The van der Waals surface area contributed by atoms with Gasteiger partial charge in [-0.2, -0.15) is 0 Å². The first-order valence-electron chi connectivity index (χ1n) is 5.20. The Labute approximate surface area is 88.2 Å². The van der Waals surface area contributed by atoms with E-state index in [0.717, 1.165) is 26.1 Å². The first kappa shape index (κ1) is 9.95. The summed E-state index contributed by atoms with van der Waals surface area (Å²) in [6, 6.07) is 0.313. The average Bonchev–Trinajstić information content (AvgIpc) is 2.65. The van der Waals surface area contributed by atoms with Gasteiger partial charge in [0.25, 0.3) is 0 Å². The van der Waals surface area contributed by atoms with Gasteiger partial charge in [0, 0.05) is 25.8 Å². The van der Waals surface area contributed by atoms with E-state index in [1.165, 1.54) is 0 Å². The van der Waals surface area contributed by atoms with Gasteiger partial charge in [0.05, 0.1) is 12.2 Å². The fourth-order valence-corrected chi connectivity index (χ4v) is 1.54. The minimum atomic E-state index is 0.0215. The molecule has 15 heavy (non-hydrogen) atoms. The van der Waals surface area contributed by atoms with E-state index in [9.17, 15) is 4.79 Å². The van der Waals surface area contributed by atoms with Crippen LogP contribution in [0.25, 0.3) is 0 Å². The first-order valence-corrected chi connectivity index (χ1v) is 5.20. The third kappa shape index (κ3) is 2.08. The number of aromatic nitrogens is 3. The number of nitrogens with zero attached hydrogens (tertiary/aromatic N) is 4. The van der Waals surface area contributed by atoms with Crippen molar-refractivity contribution in [3.8, 4) is 0 Å². The predicted molar refractivity (Wildman–Crippen MR) is 54.3 cm³/mol. The van der Waals surface area contributed by atoms with Gasteiger partial charge in [-0.3, -0.25) is 0 Å². The van der Waals surface area contributed by atoms with Crippen LogP contribution in [0.2, 0.25) is 0 Å². The van der Waals surface area contributed by atoms with Crippen molar-refractivity contribution in [3.63, 3.8) is 0 Å². The monoisotopic (exact) mass is 209 g/mol. The largest absolute Gasteiger partial charge is 0.338 e. The smallest absolute Gasteiger partial charge is 0.317 e. The molecule has 0 unspecified atom stereocenters. The molecule has 0 aromatic carbocycles. The molecule has 2 heterocycles. The Morgan fingerprint density at radius 3 is 3.00 bits per heavy atom. The van der Waals surface area contributed by atoms with Crippen LogP contribution in [0.4, 0.5) is 4.79 Å². The van der Waals surface area contributed by atoms with Crippen molar-refractivity contribution in [1.82, 2.24) is 25.2 Å². The van der Waals surface area contributed by atoms with Gasteiger partial charge in [-0.05, 0) is 6.42 Å². The number of hydrogen-bond acceptors (Lipinski definition) is 3. The highest BCUT2D eigenvalue weighted by atomic mass is 16.2. The van der Waals surface area contributed by atoms with E-state index in [4.69, 9.17) is 0 Å². The zero-order chi connectivity index (χ0) is 10.7. The number of urea groups is 1. The Morgan fingerprint density at radius 2 is 2.40 bits per heavy atom. The van der Waals surface area contributed by atoms with Crippen molar-refractivity contribution in [2.45, 2.75) is 19.4 Å². The highest BCUT2D eigenvalue weighted by molar-refractivity contribution is 5.75. The van der Waals surface area contributed by atoms with E-state index in [1.54, 1.807) is 15.8 Å². The molecule has 82 valence electrons. The number of rotatable bonds is 3. The summed E-state index contributed by atoms with van der Waals surface area (Å²) in [5, 5.41) is 10.5. The molecule has 1 aliphatic heterocycles. The third-order valence-corrected chi connectivity index (χ3v) is 2.49. The Balaban J connectivity index is 1.76. The SMILES string of the molecule is CCCNC(=O)N1CC(n2ccnn2)C1. The molecule has 1 saturated heterocycles. The number of carbonyl (C=O) groups excluding carboxylic acids is 1. The van der Waals surface area contributed by atoms with Crippen LogP contribution in [0.3, 0.4) is 0 Å². The van der Waals surface area contributed by atoms with Crippen molar-refractivity contribution in [1.29, 1.82) is 0 Å². The molecule has 6 heteroatoms. The molecular formula is C9H15N5O. The third-order valence-electron chi connectivity index (χ3n) is 2.49. The molecule has 1 aromatic rings. The lowest BCUT2D eigenvalue weighted by Gasteiger charge is -2.38. The summed E-state index contributed by atoms with van der Waals surface area (Å²) in [6.07, 6.45) is 4.44. The molecule has 0 radical (unpaired) electrons. The minimum Gasteiger partial charge on any atom is -0.338 e. The average molecular weight is 209 g/mol. The number of nitrogens with one attached hydrogen (secondary N) is 1. The molecule has 1 aromatic heterocycles. The van der Waals surface area contributed by atoms with Gasteiger partial charge < -0.3 is 10.2 Å². The van der Waals surface area contributed by atoms with Crippen LogP contribution in [0.5, 0.6) is 0 Å². The van der Waals surface area contributed by atoms with Gasteiger partial charge in [-0.1, -0.05) is 12.1 Å². The number of likely N-dealkylation sites (tertiary alicyclic amines) is 1. The van der Waals surface area contributed by atoms with Crippen LogP contribution in [-0.2, 0) is 0 Å². The molecule has 0 atom stereocenters. The predicted octanol–water partition coefficient (Wildman–Crippen LogP) is 0.254. The maximum Gasteiger partial charge on any atom is 0.317 e. The minimum absolute atomic E-state index is 0.0215. The Hall–Kier alpha value is -1.59. The second-order valence-electron chi connectivity index (χ2n) is 3.67. The maximum atomic E-state index is 11.5. The normalized spacial score (nSPS) is 16.2. The molecule has 6 nitrogen and oxygen atoms in total. The van der Waals surface area contributed by atoms with Gasteiger partial charge in [-0.15, -0.1) is 5.10 Å². The fraction of sp³-hybridized carbons (Fsp3) is 0.667. The van der Waals surface area contributed by atoms with Crippen molar-refractivity contribution < 1.29 is 4.79 Å². The molecule has 2 amide bonds. The highest BCUT2D eigenvalue weighted by Crippen LogP contribution is 2.19. The van der Waals surface area contributed by atoms with Crippen LogP contribution >= 0.6 is 0 Å². The lowest BCUT2D eigenvalue weighted by molar-refractivity contribution is 0.117. The Bertz CT molecular complexity index is 317.